The van der Waals surface area contributed by atoms with E-state index >= 15 is 0 Å². The summed E-state index contributed by atoms with van der Waals surface area (Å²) in [5.74, 6) is 0.997. The standard InChI is InChI=1S/C12H21N5O/c1-2-12(4-7-13-8-5-12)11(18)14-6-3-10-15-9-16-17-10/h9,13H,2-8H2,1H3,(H,14,18)(H,15,16,17). The number of carbonyl (C=O) groups excluding carboxylic acids is 1. The van der Waals surface area contributed by atoms with Crippen LogP contribution in [0, 0.1) is 5.41 Å². The summed E-state index contributed by atoms with van der Waals surface area (Å²) in [4.78, 5) is 16.3. The number of rotatable bonds is 5. The SMILES string of the molecule is CCC1(C(=O)NCCc2ncn[nH]2)CCNCC1. The van der Waals surface area contributed by atoms with Crippen molar-refractivity contribution in [3.05, 3.63) is 12.2 Å². The van der Waals surface area contributed by atoms with Crippen molar-refractivity contribution in [3.63, 3.8) is 0 Å². The van der Waals surface area contributed by atoms with E-state index in [1.54, 1.807) is 0 Å². The minimum absolute atomic E-state index is 0.174. The Balaban J connectivity index is 1.82. The fourth-order valence-corrected chi connectivity index (χ4v) is 2.48. The van der Waals surface area contributed by atoms with E-state index in [4.69, 9.17) is 0 Å². The molecule has 100 valence electrons. The highest BCUT2D eigenvalue weighted by Gasteiger charge is 2.37. The van der Waals surface area contributed by atoms with Crippen molar-refractivity contribution in [1.29, 1.82) is 0 Å². The van der Waals surface area contributed by atoms with Crippen LogP contribution in [0.5, 0.6) is 0 Å². The Morgan fingerprint density at radius 2 is 2.28 bits per heavy atom. The molecule has 0 bridgehead atoms. The third-order valence-corrected chi connectivity index (χ3v) is 3.83. The molecule has 1 fully saturated rings. The van der Waals surface area contributed by atoms with Crippen molar-refractivity contribution in [2.24, 2.45) is 5.41 Å². The van der Waals surface area contributed by atoms with Gasteiger partial charge < -0.3 is 10.6 Å². The molecule has 1 amide bonds. The topological polar surface area (TPSA) is 82.7 Å². The highest BCUT2D eigenvalue weighted by Crippen LogP contribution is 2.32. The Morgan fingerprint density at radius 3 is 2.89 bits per heavy atom. The molecule has 1 aliphatic rings. The Labute approximate surface area is 107 Å². The van der Waals surface area contributed by atoms with Crippen molar-refractivity contribution in [2.75, 3.05) is 19.6 Å². The second-order valence-electron chi connectivity index (χ2n) is 4.82. The van der Waals surface area contributed by atoms with E-state index in [1.807, 2.05) is 0 Å². The van der Waals surface area contributed by atoms with Gasteiger partial charge in [0, 0.05) is 13.0 Å². The van der Waals surface area contributed by atoms with Gasteiger partial charge >= 0.3 is 0 Å². The van der Waals surface area contributed by atoms with Crippen LogP contribution in [0.3, 0.4) is 0 Å². The fourth-order valence-electron chi connectivity index (χ4n) is 2.48. The predicted octanol–water partition coefficient (Wildman–Crippen LogP) is 0.243. The maximum atomic E-state index is 12.3. The monoisotopic (exact) mass is 251 g/mol. The molecule has 6 nitrogen and oxygen atoms in total. The number of aromatic amines is 1. The highest BCUT2D eigenvalue weighted by molar-refractivity contribution is 5.82. The second kappa shape index (κ2) is 5.95. The molecule has 1 aromatic heterocycles. The summed E-state index contributed by atoms with van der Waals surface area (Å²) in [6.45, 7) is 4.58. The van der Waals surface area contributed by atoms with Gasteiger partial charge in [0.05, 0.1) is 5.41 Å². The summed E-state index contributed by atoms with van der Waals surface area (Å²) in [6, 6.07) is 0. The van der Waals surface area contributed by atoms with Crippen molar-refractivity contribution in [1.82, 2.24) is 25.8 Å². The van der Waals surface area contributed by atoms with Gasteiger partial charge in [0.25, 0.3) is 0 Å². The van der Waals surface area contributed by atoms with Gasteiger partial charge in [-0.1, -0.05) is 6.92 Å². The molecule has 1 saturated heterocycles. The summed E-state index contributed by atoms with van der Waals surface area (Å²) >= 11 is 0. The molecule has 18 heavy (non-hydrogen) atoms. The third-order valence-electron chi connectivity index (χ3n) is 3.83. The van der Waals surface area contributed by atoms with Gasteiger partial charge in [-0.25, -0.2) is 4.98 Å². The maximum absolute atomic E-state index is 12.3. The van der Waals surface area contributed by atoms with Crippen LogP contribution in [0.15, 0.2) is 6.33 Å². The molecule has 0 radical (unpaired) electrons. The van der Waals surface area contributed by atoms with E-state index in [9.17, 15) is 4.79 Å². The molecule has 2 rings (SSSR count). The molecule has 0 saturated carbocycles. The zero-order valence-corrected chi connectivity index (χ0v) is 10.8. The van der Waals surface area contributed by atoms with Gasteiger partial charge in [0.15, 0.2) is 0 Å². The predicted molar refractivity (Wildman–Crippen MR) is 67.9 cm³/mol. The first-order valence-electron chi connectivity index (χ1n) is 6.60. The zero-order valence-electron chi connectivity index (χ0n) is 10.8. The lowest BCUT2D eigenvalue weighted by atomic mass is 9.76. The van der Waals surface area contributed by atoms with Crippen LogP contribution < -0.4 is 10.6 Å². The van der Waals surface area contributed by atoms with Gasteiger partial charge in [-0.05, 0) is 32.4 Å². The van der Waals surface area contributed by atoms with Crippen LogP contribution in [-0.2, 0) is 11.2 Å². The molecule has 1 aliphatic heterocycles. The number of carbonyl (C=O) groups is 1. The Hall–Kier alpha value is -1.43. The summed E-state index contributed by atoms with van der Waals surface area (Å²) in [5.41, 5.74) is -0.174. The van der Waals surface area contributed by atoms with Gasteiger partial charge in [-0.3, -0.25) is 9.89 Å². The lowest BCUT2D eigenvalue weighted by molar-refractivity contribution is -0.132. The largest absolute Gasteiger partial charge is 0.355 e. The van der Waals surface area contributed by atoms with E-state index in [-0.39, 0.29) is 11.3 Å². The normalized spacial score (nSPS) is 18.5. The first kappa shape index (κ1) is 13.0. The van der Waals surface area contributed by atoms with E-state index < -0.39 is 0 Å². The first-order chi connectivity index (χ1) is 8.77. The van der Waals surface area contributed by atoms with Crippen LogP contribution in [0.25, 0.3) is 0 Å². The zero-order chi connectivity index (χ0) is 12.8. The average molecular weight is 251 g/mol. The summed E-state index contributed by atoms with van der Waals surface area (Å²) in [7, 11) is 0. The second-order valence-corrected chi connectivity index (χ2v) is 4.82. The Morgan fingerprint density at radius 1 is 1.50 bits per heavy atom. The summed E-state index contributed by atoms with van der Waals surface area (Å²) < 4.78 is 0. The molecule has 6 heteroatoms. The minimum Gasteiger partial charge on any atom is -0.355 e. The number of nitrogens with zero attached hydrogens (tertiary/aromatic N) is 2. The van der Waals surface area contributed by atoms with Crippen LogP contribution in [0.2, 0.25) is 0 Å². The molecule has 3 N–H and O–H groups in total. The number of amides is 1. The number of H-pyrrole nitrogens is 1. The van der Waals surface area contributed by atoms with Crippen molar-refractivity contribution in [3.8, 4) is 0 Å². The van der Waals surface area contributed by atoms with Gasteiger partial charge in [0.1, 0.15) is 12.2 Å². The maximum Gasteiger partial charge on any atom is 0.226 e. The quantitative estimate of drug-likeness (QED) is 0.700. The molecule has 1 aromatic rings. The molecular weight excluding hydrogens is 230 g/mol. The van der Waals surface area contributed by atoms with Gasteiger partial charge in [-0.15, -0.1) is 0 Å². The fraction of sp³-hybridized carbons (Fsp3) is 0.750. The molecule has 2 heterocycles. The van der Waals surface area contributed by atoms with Crippen LogP contribution in [0.4, 0.5) is 0 Å². The van der Waals surface area contributed by atoms with Crippen molar-refractivity contribution < 1.29 is 4.79 Å². The van der Waals surface area contributed by atoms with E-state index in [2.05, 4.69) is 32.7 Å². The lowest BCUT2D eigenvalue weighted by Crippen LogP contribution is -2.47. The number of nitrogens with one attached hydrogen (secondary N) is 3. The molecule has 0 spiro atoms. The van der Waals surface area contributed by atoms with Crippen LogP contribution in [-0.4, -0.2) is 40.7 Å². The molecule has 0 aromatic carbocycles. The molecule has 0 atom stereocenters. The number of hydrogen-bond acceptors (Lipinski definition) is 4. The molecule has 0 aliphatic carbocycles. The highest BCUT2D eigenvalue weighted by atomic mass is 16.2. The Kier molecular flexibility index (Phi) is 4.30. The number of piperidine rings is 1. The van der Waals surface area contributed by atoms with Gasteiger partial charge in [-0.2, -0.15) is 5.10 Å². The number of aromatic nitrogens is 3. The molecular formula is C12H21N5O. The van der Waals surface area contributed by atoms with E-state index in [0.717, 1.165) is 38.2 Å². The first-order valence-corrected chi connectivity index (χ1v) is 6.60. The number of hydrogen-bond donors (Lipinski definition) is 3. The summed E-state index contributed by atoms with van der Waals surface area (Å²) in [5, 5.41) is 12.9. The van der Waals surface area contributed by atoms with Crippen molar-refractivity contribution in [2.45, 2.75) is 32.6 Å². The Bertz CT molecular complexity index is 370. The third kappa shape index (κ3) is 2.87. The van der Waals surface area contributed by atoms with E-state index in [0.29, 0.717) is 13.0 Å². The van der Waals surface area contributed by atoms with Gasteiger partial charge in [0.2, 0.25) is 5.91 Å². The van der Waals surface area contributed by atoms with Crippen LogP contribution in [0.1, 0.15) is 32.0 Å². The summed E-state index contributed by atoms with van der Waals surface area (Å²) in [6.07, 6.45) is 4.94. The molecule has 0 unspecified atom stereocenters. The minimum atomic E-state index is -0.174. The lowest BCUT2D eigenvalue weighted by Gasteiger charge is -2.35. The smallest absolute Gasteiger partial charge is 0.226 e. The van der Waals surface area contributed by atoms with Crippen molar-refractivity contribution >= 4 is 5.91 Å². The van der Waals surface area contributed by atoms with Crippen LogP contribution >= 0.6 is 0 Å². The van der Waals surface area contributed by atoms with E-state index in [1.165, 1.54) is 6.33 Å². The average Bonchev–Trinajstić information content (AvgIpc) is 2.92.